The van der Waals surface area contributed by atoms with Gasteiger partial charge in [-0.15, -0.1) is 0 Å². The molecule has 1 heterocycles. The number of allylic oxidation sites excluding steroid dienone is 1. The van der Waals surface area contributed by atoms with E-state index in [0.717, 1.165) is 12.0 Å². The van der Waals surface area contributed by atoms with Gasteiger partial charge in [0.05, 0.1) is 0 Å². The second-order valence-electron chi connectivity index (χ2n) is 5.37. The molecule has 90 valence electrons. The molecular formula is C14H22O2. The number of ether oxygens (including phenoxy) is 1. The Kier molecular flexibility index (Phi) is 4.34. The van der Waals surface area contributed by atoms with Gasteiger partial charge in [-0.25, -0.2) is 4.79 Å². The van der Waals surface area contributed by atoms with Gasteiger partial charge in [0.15, 0.2) is 0 Å². The van der Waals surface area contributed by atoms with Crippen LogP contribution in [-0.2, 0) is 9.53 Å². The first-order chi connectivity index (χ1) is 7.45. The standard InChI is InChI=1S/C14H22O2/c1-5-6-7-8-9-11-10-12(15)16-13(11)14(2,3)4/h8-10,13H,5-7H2,1-4H3/b9-8+. The van der Waals surface area contributed by atoms with Crippen LogP contribution in [0, 0.1) is 5.41 Å². The van der Waals surface area contributed by atoms with Crippen LogP contribution in [0.1, 0.15) is 47.0 Å². The highest BCUT2D eigenvalue weighted by Gasteiger charge is 2.34. The van der Waals surface area contributed by atoms with Gasteiger partial charge in [-0.3, -0.25) is 0 Å². The lowest BCUT2D eigenvalue weighted by molar-refractivity contribution is -0.142. The van der Waals surface area contributed by atoms with Crippen LogP contribution in [0.4, 0.5) is 0 Å². The zero-order valence-corrected chi connectivity index (χ0v) is 10.7. The van der Waals surface area contributed by atoms with E-state index in [2.05, 4.69) is 33.8 Å². The molecule has 0 fully saturated rings. The number of unbranched alkanes of at least 4 members (excludes halogenated alkanes) is 2. The van der Waals surface area contributed by atoms with E-state index in [1.54, 1.807) is 6.08 Å². The lowest BCUT2D eigenvalue weighted by Crippen LogP contribution is -2.28. The number of hydrogen-bond donors (Lipinski definition) is 0. The minimum atomic E-state index is -0.213. The van der Waals surface area contributed by atoms with Crippen molar-refractivity contribution in [3.63, 3.8) is 0 Å². The summed E-state index contributed by atoms with van der Waals surface area (Å²) in [7, 11) is 0. The lowest BCUT2D eigenvalue weighted by Gasteiger charge is -2.27. The maximum absolute atomic E-state index is 11.3. The van der Waals surface area contributed by atoms with Gasteiger partial charge in [0.2, 0.25) is 0 Å². The highest BCUT2D eigenvalue weighted by Crippen LogP contribution is 2.32. The minimum absolute atomic E-state index is 0.0346. The first kappa shape index (κ1) is 13.0. The summed E-state index contributed by atoms with van der Waals surface area (Å²) >= 11 is 0. The molecule has 0 amide bonds. The Labute approximate surface area is 98.4 Å². The maximum atomic E-state index is 11.3. The predicted octanol–water partition coefficient (Wildman–Crippen LogP) is 3.63. The number of hydrogen-bond acceptors (Lipinski definition) is 2. The van der Waals surface area contributed by atoms with Crippen molar-refractivity contribution in [3.05, 3.63) is 23.8 Å². The summed E-state index contributed by atoms with van der Waals surface area (Å²) in [6, 6.07) is 0. The Morgan fingerprint density at radius 2 is 2.12 bits per heavy atom. The van der Waals surface area contributed by atoms with Crippen LogP contribution < -0.4 is 0 Å². The Morgan fingerprint density at radius 1 is 1.44 bits per heavy atom. The molecule has 2 nitrogen and oxygen atoms in total. The molecule has 16 heavy (non-hydrogen) atoms. The summed E-state index contributed by atoms with van der Waals surface area (Å²) in [6.45, 7) is 8.44. The normalized spacial score (nSPS) is 21.4. The van der Waals surface area contributed by atoms with Crippen LogP contribution in [-0.4, -0.2) is 12.1 Å². The van der Waals surface area contributed by atoms with Gasteiger partial charge in [-0.2, -0.15) is 0 Å². The SMILES string of the molecule is CCCC/C=C/C1=CC(=O)OC1C(C)(C)C. The summed E-state index contributed by atoms with van der Waals surface area (Å²) in [4.78, 5) is 11.3. The number of cyclic esters (lactones) is 1. The van der Waals surface area contributed by atoms with Crippen molar-refractivity contribution in [2.75, 3.05) is 0 Å². The van der Waals surface area contributed by atoms with Gasteiger partial charge in [0.25, 0.3) is 0 Å². The number of carbonyl (C=O) groups excluding carboxylic acids is 1. The van der Waals surface area contributed by atoms with Crippen LogP contribution >= 0.6 is 0 Å². The summed E-state index contributed by atoms with van der Waals surface area (Å²) in [5.74, 6) is -0.213. The van der Waals surface area contributed by atoms with Gasteiger partial charge >= 0.3 is 5.97 Å². The highest BCUT2D eigenvalue weighted by molar-refractivity contribution is 5.86. The molecule has 0 bridgehead atoms. The predicted molar refractivity (Wildman–Crippen MR) is 66.1 cm³/mol. The minimum Gasteiger partial charge on any atom is -0.454 e. The zero-order chi connectivity index (χ0) is 12.2. The van der Waals surface area contributed by atoms with E-state index < -0.39 is 0 Å². The molecule has 0 aromatic heterocycles. The Bertz CT molecular complexity index is 305. The van der Waals surface area contributed by atoms with E-state index in [1.807, 2.05) is 6.08 Å². The van der Waals surface area contributed by atoms with Crippen LogP contribution in [0.25, 0.3) is 0 Å². The third-order valence-corrected chi connectivity index (χ3v) is 2.64. The number of rotatable bonds is 4. The molecule has 0 radical (unpaired) electrons. The number of esters is 1. The fourth-order valence-corrected chi connectivity index (χ4v) is 1.78. The molecule has 0 aromatic rings. The molecule has 1 rings (SSSR count). The second kappa shape index (κ2) is 5.33. The third kappa shape index (κ3) is 3.51. The van der Waals surface area contributed by atoms with Crippen molar-refractivity contribution in [3.8, 4) is 0 Å². The van der Waals surface area contributed by atoms with E-state index in [1.165, 1.54) is 12.8 Å². The molecule has 0 spiro atoms. The average Bonchev–Trinajstić information content (AvgIpc) is 2.54. The van der Waals surface area contributed by atoms with Crippen LogP contribution in [0.5, 0.6) is 0 Å². The molecule has 0 saturated carbocycles. The fraction of sp³-hybridized carbons (Fsp3) is 0.643. The first-order valence-electron chi connectivity index (χ1n) is 6.04. The summed E-state index contributed by atoms with van der Waals surface area (Å²) < 4.78 is 5.31. The van der Waals surface area contributed by atoms with E-state index in [9.17, 15) is 4.79 Å². The maximum Gasteiger partial charge on any atom is 0.331 e. The molecule has 0 N–H and O–H groups in total. The van der Waals surface area contributed by atoms with Crippen molar-refractivity contribution in [1.82, 2.24) is 0 Å². The molecule has 0 saturated heterocycles. The Hall–Kier alpha value is -1.05. The molecule has 0 aromatic carbocycles. The van der Waals surface area contributed by atoms with Crippen molar-refractivity contribution in [2.45, 2.75) is 53.1 Å². The largest absolute Gasteiger partial charge is 0.454 e. The van der Waals surface area contributed by atoms with Crippen LogP contribution in [0.2, 0.25) is 0 Å². The van der Waals surface area contributed by atoms with Crippen molar-refractivity contribution in [2.24, 2.45) is 5.41 Å². The van der Waals surface area contributed by atoms with E-state index in [4.69, 9.17) is 4.74 Å². The molecule has 2 heteroatoms. The molecule has 1 aliphatic rings. The monoisotopic (exact) mass is 222 g/mol. The molecular weight excluding hydrogens is 200 g/mol. The van der Waals surface area contributed by atoms with E-state index >= 15 is 0 Å². The van der Waals surface area contributed by atoms with Gasteiger partial charge in [0.1, 0.15) is 6.10 Å². The van der Waals surface area contributed by atoms with E-state index in [-0.39, 0.29) is 17.5 Å². The average molecular weight is 222 g/mol. The smallest absolute Gasteiger partial charge is 0.331 e. The first-order valence-corrected chi connectivity index (χ1v) is 6.04. The van der Waals surface area contributed by atoms with Gasteiger partial charge < -0.3 is 4.74 Å². The topological polar surface area (TPSA) is 26.3 Å². The molecule has 1 atom stereocenters. The number of carbonyl (C=O) groups is 1. The molecule has 1 aliphatic heterocycles. The quantitative estimate of drug-likeness (QED) is 0.536. The summed E-state index contributed by atoms with van der Waals surface area (Å²) in [5, 5.41) is 0. The molecule has 0 aliphatic carbocycles. The third-order valence-electron chi connectivity index (χ3n) is 2.64. The second-order valence-corrected chi connectivity index (χ2v) is 5.37. The lowest BCUT2D eigenvalue weighted by atomic mass is 9.85. The van der Waals surface area contributed by atoms with E-state index in [0.29, 0.717) is 0 Å². The van der Waals surface area contributed by atoms with Crippen molar-refractivity contribution < 1.29 is 9.53 Å². The van der Waals surface area contributed by atoms with Crippen LogP contribution in [0.3, 0.4) is 0 Å². The van der Waals surface area contributed by atoms with Crippen LogP contribution in [0.15, 0.2) is 23.8 Å². The Balaban J connectivity index is 2.65. The van der Waals surface area contributed by atoms with Crippen molar-refractivity contribution in [1.29, 1.82) is 0 Å². The fourth-order valence-electron chi connectivity index (χ4n) is 1.78. The van der Waals surface area contributed by atoms with Gasteiger partial charge in [0, 0.05) is 11.5 Å². The highest BCUT2D eigenvalue weighted by atomic mass is 16.5. The van der Waals surface area contributed by atoms with Crippen molar-refractivity contribution >= 4 is 5.97 Å². The summed E-state index contributed by atoms with van der Waals surface area (Å²) in [5.41, 5.74) is 0.973. The van der Waals surface area contributed by atoms with Gasteiger partial charge in [-0.1, -0.05) is 52.7 Å². The zero-order valence-electron chi connectivity index (χ0n) is 10.7. The van der Waals surface area contributed by atoms with Gasteiger partial charge in [-0.05, 0) is 12.0 Å². The summed E-state index contributed by atoms with van der Waals surface area (Å²) in [6.07, 6.45) is 9.14. The Morgan fingerprint density at radius 3 is 2.69 bits per heavy atom. The molecule has 1 unspecified atom stereocenters.